The third-order valence-corrected chi connectivity index (χ3v) is 5.11. The van der Waals surface area contributed by atoms with Gasteiger partial charge >= 0.3 is 0 Å². The molecule has 0 bridgehead atoms. The van der Waals surface area contributed by atoms with Crippen LogP contribution in [0.3, 0.4) is 0 Å². The summed E-state index contributed by atoms with van der Waals surface area (Å²) in [5.41, 5.74) is 2.15. The average Bonchev–Trinajstić information content (AvgIpc) is 3.20. The molecule has 0 saturated carbocycles. The molecule has 1 N–H and O–H groups in total. The van der Waals surface area contributed by atoms with Crippen molar-refractivity contribution in [1.29, 1.82) is 0 Å². The Morgan fingerprint density at radius 2 is 2.17 bits per heavy atom. The highest BCUT2D eigenvalue weighted by molar-refractivity contribution is 7.99. The van der Waals surface area contributed by atoms with Crippen LogP contribution in [0.4, 0.5) is 0 Å². The number of thiazole rings is 1. The molecule has 1 amide bonds. The molecule has 3 rings (SSSR count). The van der Waals surface area contributed by atoms with Gasteiger partial charge in [-0.05, 0) is 12.0 Å². The molecule has 0 unspecified atom stereocenters. The molecular weight excluding hydrogens is 344 g/mol. The van der Waals surface area contributed by atoms with Gasteiger partial charge in [0.2, 0.25) is 10.9 Å². The van der Waals surface area contributed by atoms with Crippen molar-refractivity contribution in [3.63, 3.8) is 0 Å². The van der Waals surface area contributed by atoms with Crippen molar-refractivity contribution >= 4 is 34.0 Å². The molecule has 0 spiro atoms. The zero-order valence-corrected chi connectivity index (χ0v) is 14.9. The number of amides is 1. The first-order valence-corrected chi connectivity index (χ1v) is 9.42. The van der Waals surface area contributed by atoms with Gasteiger partial charge in [-0.1, -0.05) is 42.1 Å². The molecule has 0 saturated heterocycles. The monoisotopic (exact) mass is 362 g/mol. The smallest absolute Gasteiger partial charge is 0.230 e. The third-order valence-electron chi connectivity index (χ3n) is 3.37. The van der Waals surface area contributed by atoms with Crippen LogP contribution in [0.1, 0.15) is 6.42 Å². The molecule has 0 fully saturated rings. The number of carbonyl (C=O) groups is 1. The average molecular weight is 362 g/mol. The summed E-state index contributed by atoms with van der Waals surface area (Å²) in [5.74, 6) is 0.307. The summed E-state index contributed by atoms with van der Waals surface area (Å²) in [6.45, 7) is 1.27. The minimum absolute atomic E-state index is 0.00987. The number of nitrogens with zero attached hydrogens (tertiary/aromatic N) is 3. The van der Waals surface area contributed by atoms with Gasteiger partial charge in [0.25, 0.3) is 0 Å². The number of hydrogen-bond acceptors (Lipinski definition) is 6. The molecule has 2 heterocycles. The van der Waals surface area contributed by atoms with Crippen LogP contribution < -0.4 is 5.32 Å². The molecule has 24 heavy (non-hydrogen) atoms. The first-order chi connectivity index (χ1) is 11.8. The molecule has 1 aromatic carbocycles. The van der Waals surface area contributed by atoms with E-state index < -0.39 is 0 Å². The summed E-state index contributed by atoms with van der Waals surface area (Å²) < 4.78 is 6.96. The van der Waals surface area contributed by atoms with Gasteiger partial charge in [0.1, 0.15) is 0 Å². The number of rotatable bonds is 8. The van der Waals surface area contributed by atoms with E-state index in [1.165, 1.54) is 11.8 Å². The lowest BCUT2D eigenvalue weighted by Crippen LogP contribution is -2.26. The van der Waals surface area contributed by atoms with E-state index >= 15 is 0 Å². The van der Waals surface area contributed by atoms with Gasteiger partial charge in [0, 0.05) is 25.6 Å². The lowest BCUT2D eigenvalue weighted by Gasteiger charge is -2.05. The van der Waals surface area contributed by atoms with Crippen LogP contribution in [-0.2, 0) is 9.53 Å². The molecule has 2 aromatic heterocycles. The number of aromatic nitrogens is 3. The van der Waals surface area contributed by atoms with E-state index in [1.54, 1.807) is 18.4 Å². The van der Waals surface area contributed by atoms with Crippen molar-refractivity contribution in [3.8, 4) is 11.3 Å². The van der Waals surface area contributed by atoms with Crippen molar-refractivity contribution in [1.82, 2.24) is 19.9 Å². The van der Waals surface area contributed by atoms with E-state index in [0.717, 1.165) is 27.8 Å². The molecule has 0 atom stereocenters. The van der Waals surface area contributed by atoms with Crippen LogP contribution in [0.25, 0.3) is 16.2 Å². The summed E-state index contributed by atoms with van der Waals surface area (Å²) in [5, 5.41) is 14.1. The number of hydrogen-bond donors (Lipinski definition) is 1. The predicted molar refractivity (Wildman–Crippen MR) is 96.5 cm³/mol. The van der Waals surface area contributed by atoms with E-state index in [2.05, 4.69) is 33.0 Å². The molecule has 6 nitrogen and oxygen atoms in total. The lowest BCUT2D eigenvalue weighted by molar-refractivity contribution is -0.118. The third kappa shape index (κ3) is 3.95. The Labute approximate surface area is 148 Å². The summed E-state index contributed by atoms with van der Waals surface area (Å²) in [7, 11) is 1.65. The van der Waals surface area contributed by atoms with Gasteiger partial charge in [-0.25, -0.2) is 0 Å². The van der Waals surface area contributed by atoms with Gasteiger partial charge in [-0.15, -0.1) is 21.5 Å². The minimum atomic E-state index is -0.00987. The highest BCUT2D eigenvalue weighted by Crippen LogP contribution is 2.29. The maximum atomic E-state index is 11.9. The highest BCUT2D eigenvalue weighted by Gasteiger charge is 2.14. The first-order valence-electron chi connectivity index (χ1n) is 7.56. The van der Waals surface area contributed by atoms with Crippen molar-refractivity contribution in [2.24, 2.45) is 0 Å². The van der Waals surface area contributed by atoms with Crippen LogP contribution in [-0.4, -0.2) is 46.5 Å². The minimum Gasteiger partial charge on any atom is -0.385 e. The summed E-state index contributed by atoms with van der Waals surface area (Å²) in [6.07, 6.45) is 0.810. The van der Waals surface area contributed by atoms with E-state index in [-0.39, 0.29) is 5.91 Å². The van der Waals surface area contributed by atoms with Gasteiger partial charge in [-0.3, -0.25) is 9.20 Å². The Morgan fingerprint density at radius 1 is 1.33 bits per heavy atom. The molecule has 0 aliphatic carbocycles. The second-order valence-corrected chi connectivity index (χ2v) is 6.85. The standard InChI is InChI=1S/C16H18N4O2S2/c1-22-9-5-8-17-14(21)11-24-16-19-18-15-20(16)13(10-23-15)12-6-3-2-4-7-12/h2-4,6-7,10H,5,8-9,11H2,1H3,(H,17,21). The van der Waals surface area contributed by atoms with Crippen LogP contribution in [0.2, 0.25) is 0 Å². The second-order valence-electron chi connectivity index (χ2n) is 5.07. The van der Waals surface area contributed by atoms with E-state index in [1.807, 2.05) is 22.6 Å². The first kappa shape index (κ1) is 16.9. The van der Waals surface area contributed by atoms with Gasteiger partial charge in [0.05, 0.1) is 11.4 Å². The fourth-order valence-corrected chi connectivity index (χ4v) is 3.89. The second kappa shape index (κ2) is 8.27. The SMILES string of the molecule is COCCCNC(=O)CSc1nnc2scc(-c3ccccc3)n12. The van der Waals surface area contributed by atoms with Crippen molar-refractivity contribution in [2.75, 3.05) is 26.0 Å². The number of ether oxygens (including phenoxy) is 1. The fraction of sp³-hybridized carbons (Fsp3) is 0.312. The molecule has 0 radical (unpaired) electrons. The summed E-state index contributed by atoms with van der Waals surface area (Å²) >= 11 is 2.94. The molecule has 0 aliphatic heterocycles. The van der Waals surface area contributed by atoms with E-state index in [0.29, 0.717) is 18.9 Å². The van der Waals surface area contributed by atoms with Crippen molar-refractivity contribution in [2.45, 2.75) is 11.6 Å². The normalized spacial score (nSPS) is 11.0. The zero-order chi connectivity index (χ0) is 16.8. The Balaban J connectivity index is 1.67. The zero-order valence-electron chi connectivity index (χ0n) is 13.3. The van der Waals surface area contributed by atoms with Crippen LogP contribution in [0.5, 0.6) is 0 Å². The van der Waals surface area contributed by atoms with Crippen molar-refractivity contribution in [3.05, 3.63) is 35.7 Å². The number of thioether (sulfide) groups is 1. The number of carbonyl (C=O) groups excluding carboxylic acids is 1. The van der Waals surface area contributed by atoms with E-state index in [4.69, 9.17) is 4.74 Å². The maximum absolute atomic E-state index is 11.9. The lowest BCUT2D eigenvalue weighted by atomic mass is 10.2. The van der Waals surface area contributed by atoms with Gasteiger partial charge < -0.3 is 10.1 Å². The van der Waals surface area contributed by atoms with Crippen LogP contribution in [0.15, 0.2) is 40.9 Å². The molecule has 3 aromatic rings. The highest BCUT2D eigenvalue weighted by atomic mass is 32.2. The summed E-state index contributed by atoms with van der Waals surface area (Å²) in [6, 6.07) is 10.1. The van der Waals surface area contributed by atoms with Crippen molar-refractivity contribution < 1.29 is 9.53 Å². The number of benzene rings is 1. The Bertz CT molecular complexity index is 801. The van der Waals surface area contributed by atoms with Gasteiger partial charge in [-0.2, -0.15) is 0 Å². The molecular formula is C16H18N4O2S2. The number of nitrogens with one attached hydrogen (secondary N) is 1. The maximum Gasteiger partial charge on any atom is 0.230 e. The number of fused-ring (bicyclic) bond motifs is 1. The van der Waals surface area contributed by atoms with Crippen LogP contribution >= 0.6 is 23.1 Å². The van der Waals surface area contributed by atoms with E-state index in [9.17, 15) is 4.79 Å². The molecule has 126 valence electrons. The largest absolute Gasteiger partial charge is 0.385 e. The fourth-order valence-electron chi connectivity index (χ4n) is 2.23. The number of methoxy groups -OCH3 is 1. The Hall–Kier alpha value is -1.90. The Kier molecular flexibility index (Phi) is 5.84. The summed E-state index contributed by atoms with van der Waals surface area (Å²) in [4.78, 5) is 12.7. The topological polar surface area (TPSA) is 68.5 Å². The van der Waals surface area contributed by atoms with Crippen LogP contribution in [0, 0.1) is 0 Å². The predicted octanol–water partition coefficient (Wildman–Crippen LogP) is 2.70. The van der Waals surface area contributed by atoms with Gasteiger partial charge in [0.15, 0.2) is 5.16 Å². The molecule has 0 aliphatic rings. The Morgan fingerprint density at radius 3 is 2.96 bits per heavy atom. The quantitative estimate of drug-likeness (QED) is 0.493. The molecule has 8 heteroatoms.